The lowest BCUT2D eigenvalue weighted by molar-refractivity contribution is 0.0732. The van der Waals surface area contributed by atoms with Gasteiger partial charge in [0, 0.05) is 31.6 Å². The highest BCUT2D eigenvalue weighted by molar-refractivity contribution is 6.05. The maximum Gasteiger partial charge on any atom is 0.272 e. The molecule has 1 heterocycles. The molecule has 0 saturated heterocycles. The van der Waals surface area contributed by atoms with E-state index in [4.69, 9.17) is 0 Å². The summed E-state index contributed by atoms with van der Waals surface area (Å²) < 4.78 is 16.6. The van der Waals surface area contributed by atoms with Crippen molar-refractivity contribution in [3.63, 3.8) is 0 Å². The number of nitrogens with one attached hydrogen (secondary N) is 1. The van der Waals surface area contributed by atoms with E-state index in [-0.39, 0.29) is 30.0 Å². The van der Waals surface area contributed by atoms with Crippen LogP contribution >= 0.6 is 0 Å². The van der Waals surface area contributed by atoms with Crippen molar-refractivity contribution < 1.29 is 14.0 Å². The predicted molar refractivity (Wildman–Crippen MR) is 129 cm³/mol. The number of aromatic nitrogens is 2. The number of carbonyl (C=O) groups excluding carboxylic acids is 2. The molecule has 3 aromatic carbocycles. The van der Waals surface area contributed by atoms with Crippen molar-refractivity contribution in [3.05, 3.63) is 89.9 Å². The van der Waals surface area contributed by atoms with E-state index in [1.54, 1.807) is 28.8 Å². The number of fused-ring (bicyclic) bond motifs is 1. The van der Waals surface area contributed by atoms with Gasteiger partial charge in [-0.15, -0.1) is 0 Å². The van der Waals surface area contributed by atoms with Crippen molar-refractivity contribution in [1.82, 2.24) is 20.0 Å². The van der Waals surface area contributed by atoms with Gasteiger partial charge in [0.1, 0.15) is 5.82 Å². The van der Waals surface area contributed by atoms with Crippen LogP contribution < -0.4 is 5.32 Å². The highest BCUT2D eigenvalue weighted by Crippen LogP contribution is 2.32. The van der Waals surface area contributed by atoms with Crippen molar-refractivity contribution in [2.45, 2.75) is 18.9 Å². The summed E-state index contributed by atoms with van der Waals surface area (Å²) in [5.74, 6) is -1.19. The molecule has 0 aliphatic heterocycles. The molecule has 7 heteroatoms. The van der Waals surface area contributed by atoms with Crippen LogP contribution in [0.2, 0.25) is 0 Å². The SMILES string of the molecule is Cn1nc(C(=O)NCCN(C(=O)c2c(F)cccc2-c2ccccc2)C2CC2)c2ccccc21. The van der Waals surface area contributed by atoms with Gasteiger partial charge in [-0.3, -0.25) is 14.3 Å². The Morgan fingerprint density at radius 3 is 2.53 bits per heavy atom. The van der Waals surface area contributed by atoms with E-state index >= 15 is 0 Å². The third-order valence-corrected chi connectivity index (χ3v) is 6.17. The zero-order valence-electron chi connectivity index (χ0n) is 18.9. The number of rotatable bonds is 7. The number of hydrogen-bond donors (Lipinski definition) is 1. The normalized spacial score (nSPS) is 13.1. The Morgan fingerprint density at radius 1 is 1.03 bits per heavy atom. The van der Waals surface area contributed by atoms with Gasteiger partial charge >= 0.3 is 0 Å². The van der Waals surface area contributed by atoms with Gasteiger partial charge in [0.25, 0.3) is 11.8 Å². The van der Waals surface area contributed by atoms with E-state index in [9.17, 15) is 14.0 Å². The summed E-state index contributed by atoms with van der Waals surface area (Å²) in [7, 11) is 1.80. The fourth-order valence-electron chi connectivity index (χ4n) is 4.33. The molecule has 1 aliphatic rings. The number of aryl methyl sites for hydroxylation is 1. The van der Waals surface area contributed by atoms with E-state index in [1.165, 1.54) is 6.07 Å². The lowest BCUT2D eigenvalue weighted by atomic mass is 9.98. The molecule has 0 spiro atoms. The van der Waals surface area contributed by atoms with Gasteiger partial charge in [0.15, 0.2) is 5.69 Å². The summed E-state index contributed by atoms with van der Waals surface area (Å²) >= 11 is 0. The van der Waals surface area contributed by atoms with Gasteiger partial charge in [-0.2, -0.15) is 5.10 Å². The first-order valence-corrected chi connectivity index (χ1v) is 11.4. The number of benzene rings is 3. The minimum Gasteiger partial charge on any atom is -0.349 e. The van der Waals surface area contributed by atoms with Gasteiger partial charge in [-0.1, -0.05) is 60.7 Å². The summed E-state index contributed by atoms with van der Waals surface area (Å²) in [5, 5.41) is 8.01. The Kier molecular flexibility index (Phi) is 5.84. The number of hydrogen-bond acceptors (Lipinski definition) is 3. The highest BCUT2D eigenvalue weighted by atomic mass is 19.1. The molecule has 1 saturated carbocycles. The van der Waals surface area contributed by atoms with Crippen molar-refractivity contribution in [3.8, 4) is 11.1 Å². The lowest BCUT2D eigenvalue weighted by Crippen LogP contribution is -2.40. The molecule has 1 N–H and O–H groups in total. The van der Waals surface area contributed by atoms with E-state index in [0.29, 0.717) is 17.8 Å². The molecule has 34 heavy (non-hydrogen) atoms. The van der Waals surface area contributed by atoms with Crippen LogP contribution in [0.1, 0.15) is 33.7 Å². The van der Waals surface area contributed by atoms with Crippen molar-refractivity contribution in [2.75, 3.05) is 13.1 Å². The quantitative estimate of drug-likeness (QED) is 0.448. The van der Waals surface area contributed by atoms with E-state index in [1.807, 2.05) is 54.6 Å². The predicted octanol–water partition coefficient (Wildman–Crippen LogP) is 4.41. The Bertz CT molecular complexity index is 1360. The minimum atomic E-state index is -0.541. The highest BCUT2D eigenvalue weighted by Gasteiger charge is 2.35. The van der Waals surface area contributed by atoms with Crippen molar-refractivity contribution in [2.24, 2.45) is 7.05 Å². The monoisotopic (exact) mass is 456 g/mol. The minimum absolute atomic E-state index is 0.0586. The molecule has 1 aromatic heterocycles. The fraction of sp³-hybridized carbons (Fsp3) is 0.222. The molecule has 4 aromatic rings. The van der Waals surface area contributed by atoms with Crippen LogP contribution in [0.25, 0.3) is 22.0 Å². The molecule has 6 nitrogen and oxygen atoms in total. The van der Waals surface area contributed by atoms with Gasteiger partial charge in [0.2, 0.25) is 0 Å². The smallest absolute Gasteiger partial charge is 0.272 e. The Hall–Kier alpha value is -4.00. The molecule has 0 radical (unpaired) electrons. The zero-order valence-corrected chi connectivity index (χ0v) is 18.9. The first-order chi connectivity index (χ1) is 16.5. The Balaban J connectivity index is 1.34. The molecule has 1 aliphatic carbocycles. The first kappa shape index (κ1) is 21.8. The summed E-state index contributed by atoms with van der Waals surface area (Å²) in [4.78, 5) is 28.0. The average molecular weight is 457 g/mol. The third-order valence-electron chi connectivity index (χ3n) is 6.17. The van der Waals surface area contributed by atoms with Crippen molar-refractivity contribution >= 4 is 22.7 Å². The lowest BCUT2D eigenvalue weighted by Gasteiger charge is -2.24. The van der Waals surface area contributed by atoms with Gasteiger partial charge in [-0.05, 0) is 36.1 Å². The second kappa shape index (κ2) is 9.09. The molecular weight excluding hydrogens is 431 g/mol. The average Bonchev–Trinajstić information content (AvgIpc) is 3.64. The molecule has 5 rings (SSSR count). The summed E-state index contributed by atoms with van der Waals surface area (Å²) in [6, 6.07) is 21.6. The summed E-state index contributed by atoms with van der Waals surface area (Å²) in [6.07, 6.45) is 1.75. The standard InChI is InChI=1S/C27H25FN4O2/c1-31-23-13-6-5-10-21(23)25(30-31)26(33)29-16-17-32(19-14-15-19)27(34)24-20(11-7-12-22(24)28)18-8-3-2-4-9-18/h2-13,19H,14-17H2,1H3,(H,29,33). The van der Waals surface area contributed by atoms with Crippen LogP contribution in [0.15, 0.2) is 72.8 Å². The summed E-state index contributed by atoms with van der Waals surface area (Å²) in [5.41, 5.74) is 2.65. The van der Waals surface area contributed by atoms with E-state index in [0.717, 1.165) is 29.3 Å². The molecule has 0 unspecified atom stereocenters. The largest absolute Gasteiger partial charge is 0.349 e. The van der Waals surface area contributed by atoms with Crippen LogP contribution in [0, 0.1) is 5.82 Å². The molecule has 0 atom stereocenters. The fourth-order valence-corrected chi connectivity index (χ4v) is 4.33. The van der Waals surface area contributed by atoms with Crippen LogP contribution in [0.5, 0.6) is 0 Å². The van der Waals surface area contributed by atoms with Gasteiger partial charge < -0.3 is 10.2 Å². The van der Waals surface area contributed by atoms with Gasteiger partial charge in [0.05, 0.1) is 11.1 Å². The number of amides is 2. The third kappa shape index (κ3) is 4.17. The maximum atomic E-state index is 14.9. The van der Waals surface area contributed by atoms with Crippen LogP contribution in [-0.2, 0) is 7.05 Å². The maximum absolute atomic E-state index is 14.9. The van der Waals surface area contributed by atoms with Crippen LogP contribution in [0.4, 0.5) is 4.39 Å². The Labute approximate surface area is 197 Å². The van der Waals surface area contributed by atoms with Gasteiger partial charge in [-0.25, -0.2) is 4.39 Å². The van der Waals surface area contributed by atoms with E-state index in [2.05, 4.69) is 10.4 Å². The topological polar surface area (TPSA) is 67.2 Å². The van der Waals surface area contributed by atoms with Crippen LogP contribution in [0.3, 0.4) is 0 Å². The molecule has 1 fully saturated rings. The number of nitrogens with zero attached hydrogens (tertiary/aromatic N) is 3. The van der Waals surface area contributed by atoms with Crippen LogP contribution in [-0.4, -0.2) is 45.6 Å². The molecule has 0 bridgehead atoms. The molecular formula is C27H25FN4O2. The van der Waals surface area contributed by atoms with E-state index < -0.39 is 5.82 Å². The number of carbonyl (C=O) groups is 2. The molecule has 172 valence electrons. The summed E-state index contributed by atoms with van der Waals surface area (Å²) in [6.45, 7) is 0.545. The second-order valence-corrected chi connectivity index (χ2v) is 8.50. The number of para-hydroxylation sites is 1. The van der Waals surface area contributed by atoms with Crippen molar-refractivity contribution in [1.29, 1.82) is 0 Å². The first-order valence-electron chi connectivity index (χ1n) is 11.4. The molecule has 2 amide bonds. The number of halogens is 1. The zero-order chi connectivity index (χ0) is 23.7. The Morgan fingerprint density at radius 2 is 1.76 bits per heavy atom. The second-order valence-electron chi connectivity index (χ2n) is 8.50.